The molecule has 0 saturated carbocycles. The second-order valence-electron chi connectivity index (χ2n) is 7.03. The number of fused-ring (bicyclic) bond motifs is 2. The van der Waals surface area contributed by atoms with Crippen molar-refractivity contribution in [3.05, 3.63) is 35.4 Å². The molecule has 1 aromatic rings. The number of rotatable bonds is 1. The molecule has 2 heterocycles. The van der Waals surface area contributed by atoms with Gasteiger partial charge in [0.2, 0.25) is 0 Å². The molecule has 1 spiro atoms. The van der Waals surface area contributed by atoms with Gasteiger partial charge in [-0.2, -0.15) is 0 Å². The van der Waals surface area contributed by atoms with Crippen LogP contribution in [0.1, 0.15) is 44.9 Å². The van der Waals surface area contributed by atoms with Crippen LogP contribution in [-0.4, -0.2) is 35.5 Å². The topological polar surface area (TPSA) is 55.8 Å². The number of nitrogens with zero attached hydrogens (tertiary/aromatic N) is 1. The van der Waals surface area contributed by atoms with Gasteiger partial charge in [-0.3, -0.25) is 4.79 Å². The first-order chi connectivity index (χ1) is 10.2. The van der Waals surface area contributed by atoms with Crippen molar-refractivity contribution in [1.82, 2.24) is 4.90 Å². The van der Waals surface area contributed by atoms with E-state index in [1.165, 1.54) is 6.92 Å². The Kier molecular flexibility index (Phi) is 3.29. The highest BCUT2D eigenvalue weighted by Gasteiger charge is 2.55. The molecule has 0 aliphatic carbocycles. The molecule has 0 aromatic heterocycles. The van der Waals surface area contributed by atoms with Crippen molar-refractivity contribution >= 4 is 11.9 Å². The van der Waals surface area contributed by atoms with Crippen molar-refractivity contribution in [2.75, 3.05) is 13.1 Å². The fourth-order valence-electron chi connectivity index (χ4n) is 3.07. The summed E-state index contributed by atoms with van der Waals surface area (Å²) in [6.45, 7) is 7.89. The Morgan fingerprint density at radius 3 is 2.50 bits per heavy atom. The lowest BCUT2D eigenvalue weighted by molar-refractivity contribution is -0.168. The van der Waals surface area contributed by atoms with E-state index in [-0.39, 0.29) is 11.9 Å². The van der Waals surface area contributed by atoms with Gasteiger partial charge in [-0.25, -0.2) is 4.79 Å². The summed E-state index contributed by atoms with van der Waals surface area (Å²) in [6.07, 6.45) is -0.873. The van der Waals surface area contributed by atoms with Crippen LogP contribution in [0, 0.1) is 0 Å². The van der Waals surface area contributed by atoms with E-state index in [9.17, 15) is 9.59 Å². The quantitative estimate of drug-likeness (QED) is 0.800. The van der Waals surface area contributed by atoms with Crippen LogP contribution in [0.15, 0.2) is 24.3 Å². The average molecular weight is 303 g/mol. The Balaban J connectivity index is 1.78. The van der Waals surface area contributed by atoms with Crippen LogP contribution in [0.4, 0.5) is 4.79 Å². The van der Waals surface area contributed by atoms with E-state index in [0.717, 1.165) is 11.1 Å². The van der Waals surface area contributed by atoms with Gasteiger partial charge in [0.1, 0.15) is 17.3 Å². The summed E-state index contributed by atoms with van der Waals surface area (Å²) in [5.74, 6) is -0.0138. The molecular weight excluding hydrogens is 282 g/mol. The second-order valence-corrected chi connectivity index (χ2v) is 7.03. The van der Waals surface area contributed by atoms with Gasteiger partial charge >= 0.3 is 6.09 Å². The van der Waals surface area contributed by atoms with Crippen molar-refractivity contribution in [2.24, 2.45) is 0 Å². The zero-order valence-electron chi connectivity index (χ0n) is 13.4. The third-order valence-electron chi connectivity index (χ3n) is 3.99. The maximum absolute atomic E-state index is 12.1. The molecular formula is C17H21NO4. The van der Waals surface area contributed by atoms with Crippen molar-refractivity contribution in [2.45, 2.75) is 45.0 Å². The molecule has 5 heteroatoms. The average Bonchev–Trinajstić information content (AvgIpc) is 2.70. The number of benzene rings is 1. The summed E-state index contributed by atoms with van der Waals surface area (Å²) < 4.78 is 11.4. The molecule has 2 aliphatic rings. The van der Waals surface area contributed by atoms with Gasteiger partial charge in [0.25, 0.3) is 0 Å². The number of likely N-dealkylation sites (tertiary alicyclic amines) is 1. The molecule has 118 valence electrons. The Morgan fingerprint density at radius 1 is 1.27 bits per heavy atom. The highest BCUT2D eigenvalue weighted by Crippen LogP contribution is 2.49. The molecule has 1 saturated heterocycles. The maximum atomic E-state index is 12.1. The molecule has 0 N–H and O–H groups in total. The lowest BCUT2D eigenvalue weighted by Gasteiger charge is -2.47. The largest absolute Gasteiger partial charge is 0.444 e. The molecule has 22 heavy (non-hydrogen) atoms. The first-order valence-corrected chi connectivity index (χ1v) is 7.47. The molecule has 2 aliphatic heterocycles. The van der Waals surface area contributed by atoms with Gasteiger partial charge in [-0.15, -0.1) is 0 Å². The molecule has 1 atom stereocenters. The second kappa shape index (κ2) is 4.81. The highest BCUT2D eigenvalue weighted by molar-refractivity contribution is 5.83. The third kappa shape index (κ3) is 2.39. The van der Waals surface area contributed by atoms with Crippen molar-refractivity contribution in [1.29, 1.82) is 0 Å². The number of Topliss-reactive ketones (excluding diaryl/α,β-unsaturated/α-hetero) is 1. The van der Waals surface area contributed by atoms with Crippen LogP contribution >= 0.6 is 0 Å². The first kappa shape index (κ1) is 15.0. The number of carbonyl (C=O) groups is 2. The number of ketones is 1. The summed E-state index contributed by atoms with van der Waals surface area (Å²) >= 11 is 0. The molecule has 1 amide bonds. The molecule has 0 bridgehead atoms. The lowest BCUT2D eigenvalue weighted by Crippen LogP contribution is -2.62. The number of amides is 1. The Hall–Kier alpha value is -1.88. The van der Waals surface area contributed by atoms with E-state index < -0.39 is 17.3 Å². The minimum Gasteiger partial charge on any atom is -0.444 e. The van der Waals surface area contributed by atoms with Crippen LogP contribution in [0.2, 0.25) is 0 Å². The summed E-state index contributed by atoms with van der Waals surface area (Å²) in [6, 6.07) is 7.74. The Labute approximate surface area is 130 Å². The Bertz CT molecular complexity index is 626. The van der Waals surface area contributed by atoms with Gasteiger partial charge in [0.05, 0.1) is 13.1 Å². The number of carbonyl (C=O) groups excluding carboxylic acids is 2. The van der Waals surface area contributed by atoms with E-state index in [1.807, 2.05) is 45.0 Å². The molecule has 1 unspecified atom stereocenters. The molecule has 0 radical (unpaired) electrons. The molecule has 5 nitrogen and oxygen atoms in total. The van der Waals surface area contributed by atoms with Gasteiger partial charge in [0.15, 0.2) is 5.78 Å². The van der Waals surface area contributed by atoms with Crippen LogP contribution in [0.25, 0.3) is 0 Å². The lowest BCUT2D eigenvalue weighted by atomic mass is 9.85. The standard InChI is InChI=1S/C17H21NO4/c1-11(19)14-12-7-5-6-8-13(12)17(21-14)9-18(10-17)15(20)22-16(2,3)4/h5-8,14H,9-10H2,1-4H3. The van der Waals surface area contributed by atoms with Gasteiger partial charge < -0.3 is 14.4 Å². The minimum atomic E-state index is -0.566. The molecule has 1 fully saturated rings. The predicted molar refractivity (Wildman–Crippen MR) is 80.4 cm³/mol. The van der Waals surface area contributed by atoms with Gasteiger partial charge in [0, 0.05) is 0 Å². The number of hydrogen-bond acceptors (Lipinski definition) is 4. The van der Waals surface area contributed by atoms with E-state index in [2.05, 4.69) is 0 Å². The summed E-state index contributed by atoms with van der Waals surface area (Å²) in [7, 11) is 0. The zero-order valence-corrected chi connectivity index (χ0v) is 13.4. The van der Waals surface area contributed by atoms with Crippen LogP contribution < -0.4 is 0 Å². The number of hydrogen-bond donors (Lipinski definition) is 0. The van der Waals surface area contributed by atoms with E-state index >= 15 is 0 Å². The van der Waals surface area contributed by atoms with Crippen molar-refractivity contribution < 1.29 is 19.1 Å². The van der Waals surface area contributed by atoms with E-state index in [1.54, 1.807) is 4.90 Å². The summed E-state index contributed by atoms with van der Waals surface area (Å²) in [5, 5.41) is 0. The summed E-state index contributed by atoms with van der Waals surface area (Å²) in [4.78, 5) is 25.5. The first-order valence-electron chi connectivity index (χ1n) is 7.47. The Morgan fingerprint density at radius 2 is 1.91 bits per heavy atom. The minimum absolute atomic E-state index is 0.0138. The van der Waals surface area contributed by atoms with Crippen LogP contribution in [0.5, 0.6) is 0 Å². The summed E-state index contributed by atoms with van der Waals surface area (Å²) in [5.41, 5.74) is 0.842. The molecule has 1 aromatic carbocycles. The van der Waals surface area contributed by atoms with Crippen LogP contribution in [-0.2, 0) is 19.9 Å². The molecule has 3 rings (SSSR count). The van der Waals surface area contributed by atoms with E-state index in [4.69, 9.17) is 9.47 Å². The SMILES string of the molecule is CC(=O)C1OC2(CN(C(=O)OC(C)(C)C)C2)c2ccccc21. The number of ether oxygens (including phenoxy) is 2. The van der Waals surface area contributed by atoms with Crippen LogP contribution in [0.3, 0.4) is 0 Å². The van der Waals surface area contributed by atoms with Gasteiger partial charge in [-0.05, 0) is 38.8 Å². The highest BCUT2D eigenvalue weighted by atomic mass is 16.6. The smallest absolute Gasteiger partial charge is 0.410 e. The fourth-order valence-corrected chi connectivity index (χ4v) is 3.07. The monoisotopic (exact) mass is 303 g/mol. The normalized spacial score (nSPS) is 22.2. The van der Waals surface area contributed by atoms with Crippen molar-refractivity contribution in [3.63, 3.8) is 0 Å². The van der Waals surface area contributed by atoms with Crippen molar-refractivity contribution in [3.8, 4) is 0 Å². The maximum Gasteiger partial charge on any atom is 0.410 e. The zero-order chi connectivity index (χ0) is 16.1. The third-order valence-corrected chi connectivity index (χ3v) is 3.99. The predicted octanol–water partition coefficient (Wildman–Crippen LogP) is 2.79. The van der Waals surface area contributed by atoms with E-state index in [0.29, 0.717) is 13.1 Å². The fraction of sp³-hybridized carbons (Fsp3) is 0.529. The van der Waals surface area contributed by atoms with Gasteiger partial charge in [-0.1, -0.05) is 24.3 Å².